The Morgan fingerprint density at radius 1 is 0.760 bits per heavy atom. The molecule has 0 aliphatic carbocycles. The molecule has 0 unspecified atom stereocenters. The van der Waals surface area contributed by atoms with Crippen molar-refractivity contribution in [2.45, 2.75) is 21.6 Å². The zero-order valence-corrected chi connectivity index (χ0v) is 14.8. The fourth-order valence-corrected chi connectivity index (χ4v) is 4.55. The number of benzene rings is 3. The van der Waals surface area contributed by atoms with E-state index in [9.17, 15) is 4.79 Å². The van der Waals surface area contributed by atoms with Gasteiger partial charge in [-0.3, -0.25) is 0 Å². The van der Waals surface area contributed by atoms with E-state index in [4.69, 9.17) is 4.74 Å². The van der Waals surface area contributed by atoms with E-state index in [1.54, 1.807) is 6.92 Å². The van der Waals surface area contributed by atoms with Gasteiger partial charge in [-0.2, -0.15) is 0 Å². The van der Waals surface area contributed by atoms with Gasteiger partial charge in [-0.15, -0.1) is 0 Å². The number of allylic oxidation sites excluding steroid dienone is 1. The molecule has 0 aliphatic heterocycles. The van der Waals surface area contributed by atoms with Crippen LogP contribution in [0, 0.1) is 0 Å². The van der Waals surface area contributed by atoms with E-state index in [0.717, 1.165) is 4.90 Å². The second-order valence-electron chi connectivity index (χ2n) is 5.55. The van der Waals surface area contributed by atoms with Crippen LogP contribution < -0.4 is 0 Å². The molecule has 0 fully saturated rings. The maximum atomic E-state index is 12.0. The quantitative estimate of drug-likeness (QED) is 0.347. The minimum Gasteiger partial charge on any atom is -0.428 e. The van der Waals surface area contributed by atoms with Crippen molar-refractivity contribution in [3.8, 4) is 0 Å². The second-order valence-corrected chi connectivity index (χ2v) is 7.57. The Balaban J connectivity index is 1.97. The molecule has 0 amide bonds. The van der Waals surface area contributed by atoms with Crippen molar-refractivity contribution >= 4 is 16.9 Å². The maximum absolute atomic E-state index is 12.0. The van der Waals surface area contributed by atoms with Crippen LogP contribution in [0.2, 0.25) is 0 Å². The van der Waals surface area contributed by atoms with Gasteiger partial charge in [-0.25, -0.2) is 4.79 Å². The topological polar surface area (TPSA) is 26.3 Å². The number of carbonyl (C=O) groups is 1. The van der Waals surface area contributed by atoms with Gasteiger partial charge in [-0.1, -0.05) is 43.0 Å². The van der Waals surface area contributed by atoms with Crippen LogP contribution in [0.3, 0.4) is 0 Å². The molecule has 124 valence electrons. The summed E-state index contributed by atoms with van der Waals surface area (Å²) in [4.78, 5) is 15.6. The van der Waals surface area contributed by atoms with E-state index in [1.807, 2.05) is 36.4 Å². The molecular weight excluding hydrogens is 328 g/mol. The van der Waals surface area contributed by atoms with Gasteiger partial charge in [0.1, 0.15) is 0 Å². The summed E-state index contributed by atoms with van der Waals surface area (Å²) >= 11 is 0. The van der Waals surface area contributed by atoms with Crippen LogP contribution in [-0.4, -0.2) is 5.97 Å². The Morgan fingerprint density at radius 3 is 1.64 bits per heavy atom. The second kappa shape index (κ2) is 7.86. The van der Waals surface area contributed by atoms with Crippen LogP contribution in [0.15, 0.2) is 112 Å². The van der Waals surface area contributed by atoms with Crippen molar-refractivity contribution in [3.05, 3.63) is 103 Å². The lowest BCUT2D eigenvalue weighted by atomic mass is 10.2. The van der Waals surface area contributed by atoms with Crippen molar-refractivity contribution in [2.75, 3.05) is 0 Å². The summed E-state index contributed by atoms with van der Waals surface area (Å²) in [5, 5.41) is 0. The van der Waals surface area contributed by atoms with Crippen LogP contribution in [0.1, 0.15) is 17.3 Å². The van der Waals surface area contributed by atoms with Crippen LogP contribution in [0.4, 0.5) is 0 Å². The van der Waals surface area contributed by atoms with Gasteiger partial charge in [0.25, 0.3) is 0 Å². The molecular formula is C22H19O2S+. The first kappa shape index (κ1) is 17.1. The zero-order chi connectivity index (χ0) is 17.6. The lowest BCUT2D eigenvalue weighted by Crippen LogP contribution is -2.06. The Hall–Kier alpha value is -2.78. The summed E-state index contributed by atoms with van der Waals surface area (Å²) in [5.74, 6) is 0.0146. The van der Waals surface area contributed by atoms with E-state index in [0.29, 0.717) is 11.3 Å². The molecule has 3 aromatic carbocycles. The third kappa shape index (κ3) is 4.20. The predicted octanol–water partition coefficient (Wildman–Crippen LogP) is 5.47. The third-order valence-electron chi connectivity index (χ3n) is 3.55. The smallest absolute Gasteiger partial charge is 0.343 e. The molecule has 0 heterocycles. The molecule has 3 aromatic rings. The summed E-state index contributed by atoms with van der Waals surface area (Å²) in [7, 11) is -0.217. The molecule has 3 rings (SSSR count). The molecule has 0 atom stereocenters. The van der Waals surface area contributed by atoms with Gasteiger partial charge < -0.3 is 4.74 Å². The first-order valence-electron chi connectivity index (χ1n) is 7.97. The lowest BCUT2D eigenvalue weighted by Gasteiger charge is -2.08. The predicted molar refractivity (Wildman–Crippen MR) is 102 cm³/mol. The molecule has 0 aromatic heterocycles. The number of ether oxygens (including phenoxy) is 1. The Kier molecular flexibility index (Phi) is 5.36. The van der Waals surface area contributed by atoms with Crippen molar-refractivity contribution in [2.24, 2.45) is 0 Å². The van der Waals surface area contributed by atoms with E-state index in [1.165, 1.54) is 9.79 Å². The molecule has 0 saturated carbocycles. The van der Waals surface area contributed by atoms with Crippen LogP contribution >= 0.6 is 0 Å². The fraction of sp³-hybridized carbons (Fsp3) is 0.0455. The Morgan fingerprint density at radius 2 is 1.20 bits per heavy atom. The Bertz CT molecular complexity index is 816. The highest BCUT2D eigenvalue weighted by Gasteiger charge is 2.28. The summed E-state index contributed by atoms with van der Waals surface area (Å²) in [6.07, 6.45) is 0. The highest BCUT2D eigenvalue weighted by Crippen LogP contribution is 2.31. The first-order chi connectivity index (χ1) is 12.1. The van der Waals surface area contributed by atoms with Crippen LogP contribution in [0.25, 0.3) is 0 Å². The number of hydrogen-bond acceptors (Lipinski definition) is 2. The van der Waals surface area contributed by atoms with Crippen molar-refractivity contribution < 1.29 is 9.53 Å². The van der Waals surface area contributed by atoms with E-state index in [-0.39, 0.29) is 16.9 Å². The normalized spacial score (nSPS) is 10.5. The summed E-state index contributed by atoms with van der Waals surface area (Å²) in [6, 6.07) is 28.4. The average molecular weight is 347 g/mol. The van der Waals surface area contributed by atoms with Gasteiger partial charge in [0.05, 0.1) is 22.2 Å². The number of esters is 1. The lowest BCUT2D eigenvalue weighted by molar-refractivity contribution is 0.0628. The molecule has 0 saturated heterocycles. The van der Waals surface area contributed by atoms with E-state index in [2.05, 4.69) is 55.1 Å². The van der Waals surface area contributed by atoms with Gasteiger partial charge in [-0.05, 0) is 55.5 Å². The minimum absolute atomic E-state index is 0.217. The van der Waals surface area contributed by atoms with Crippen LogP contribution in [0.5, 0.6) is 0 Å². The first-order valence-corrected chi connectivity index (χ1v) is 9.20. The summed E-state index contributed by atoms with van der Waals surface area (Å²) < 4.78 is 5.07. The van der Waals surface area contributed by atoms with Gasteiger partial charge in [0.2, 0.25) is 0 Å². The molecule has 0 spiro atoms. The fourth-order valence-electron chi connectivity index (χ4n) is 2.47. The Labute approximate surface area is 151 Å². The molecule has 0 radical (unpaired) electrons. The summed E-state index contributed by atoms with van der Waals surface area (Å²) in [6.45, 7) is 5.27. The van der Waals surface area contributed by atoms with E-state index >= 15 is 0 Å². The molecule has 25 heavy (non-hydrogen) atoms. The third-order valence-corrected chi connectivity index (χ3v) is 5.78. The van der Waals surface area contributed by atoms with Gasteiger partial charge in [0.15, 0.2) is 14.7 Å². The maximum Gasteiger partial charge on any atom is 0.343 e. The van der Waals surface area contributed by atoms with Crippen molar-refractivity contribution in [3.63, 3.8) is 0 Å². The largest absolute Gasteiger partial charge is 0.428 e. The number of carbonyl (C=O) groups excluding carboxylic acids is 1. The summed E-state index contributed by atoms with van der Waals surface area (Å²) in [5.41, 5.74) is 0.524. The highest BCUT2D eigenvalue weighted by molar-refractivity contribution is 7.97. The zero-order valence-electron chi connectivity index (χ0n) is 14.0. The molecule has 0 bridgehead atoms. The molecule has 2 nitrogen and oxygen atoms in total. The number of rotatable bonds is 5. The van der Waals surface area contributed by atoms with Gasteiger partial charge in [0, 0.05) is 0 Å². The standard InChI is InChI=1S/C22H19O2S/c1-17(2)24-22(23)18-13-15-21(16-14-18)25(19-9-5-3-6-10-19)20-11-7-4-8-12-20/h3-16H,1H2,2H3/q+1. The van der Waals surface area contributed by atoms with Crippen LogP contribution in [-0.2, 0) is 15.6 Å². The van der Waals surface area contributed by atoms with Crippen molar-refractivity contribution in [1.82, 2.24) is 0 Å². The van der Waals surface area contributed by atoms with Gasteiger partial charge >= 0.3 is 5.97 Å². The average Bonchev–Trinajstić information content (AvgIpc) is 2.64. The molecule has 0 N–H and O–H groups in total. The minimum atomic E-state index is -0.377. The molecule has 0 aliphatic rings. The number of hydrogen-bond donors (Lipinski definition) is 0. The van der Waals surface area contributed by atoms with Crippen molar-refractivity contribution in [1.29, 1.82) is 0 Å². The SMILES string of the molecule is C=C(C)OC(=O)c1ccc([S+](c2ccccc2)c2ccccc2)cc1. The highest BCUT2D eigenvalue weighted by atomic mass is 32.2. The van der Waals surface area contributed by atoms with E-state index < -0.39 is 0 Å². The molecule has 3 heteroatoms. The monoisotopic (exact) mass is 347 g/mol.